The molecule has 1 aromatic carbocycles. The third kappa shape index (κ3) is 6.30. The Bertz CT molecular complexity index is 733. The van der Waals surface area contributed by atoms with Gasteiger partial charge in [0.25, 0.3) is 5.91 Å². The first-order chi connectivity index (χ1) is 13.2. The molecular formula is C20H25FN4O2. The van der Waals surface area contributed by atoms with Crippen LogP contribution in [0.5, 0.6) is 0 Å². The number of aromatic nitrogens is 1. The van der Waals surface area contributed by atoms with Crippen molar-refractivity contribution in [3.05, 3.63) is 59.7 Å². The van der Waals surface area contributed by atoms with Crippen LogP contribution in [0.3, 0.4) is 0 Å². The quantitative estimate of drug-likeness (QED) is 0.741. The number of ether oxygens (including phenoxy) is 1. The number of hydrogen-bond acceptors (Lipinski definition) is 5. The lowest BCUT2D eigenvalue weighted by Gasteiger charge is -2.26. The summed E-state index contributed by atoms with van der Waals surface area (Å²) in [6.45, 7) is 5.40. The van der Waals surface area contributed by atoms with E-state index >= 15 is 0 Å². The summed E-state index contributed by atoms with van der Waals surface area (Å²) in [6.07, 6.45) is 2.39. The summed E-state index contributed by atoms with van der Waals surface area (Å²) in [5.41, 5.74) is 2.29. The Morgan fingerprint density at radius 2 is 1.93 bits per heavy atom. The molecule has 2 heterocycles. The van der Waals surface area contributed by atoms with Crippen LogP contribution in [0.4, 0.5) is 10.1 Å². The van der Waals surface area contributed by atoms with Crippen molar-refractivity contribution in [2.75, 3.05) is 51.3 Å². The van der Waals surface area contributed by atoms with Crippen LogP contribution in [0.1, 0.15) is 16.1 Å². The summed E-state index contributed by atoms with van der Waals surface area (Å²) in [6, 6.07) is 10.0. The van der Waals surface area contributed by atoms with Crippen LogP contribution < -0.4 is 10.6 Å². The first-order valence-corrected chi connectivity index (χ1v) is 9.23. The number of halogens is 1. The third-order valence-electron chi connectivity index (χ3n) is 4.47. The van der Waals surface area contributed by atoms with Gasteiger partial charge < -0.3 is 15.4 Å². The van der Waals surface area contributed by atoms with Crippen molar-refractivity contribution >= 4 is 11.6 Å². The molecule has 7 heteroatoms. The number of carbonyl (C=O) groups excluding carboxylic acids is 1. The van der Waals surface area contributed by atoms with E-state index in [1.54, 1.807) is 24.4 Å². The number of anilines is 1. The summed E-state index contributed by atoms with van der Waals surface area (Å²) in [5, 5.41) is 6.19. The normalized spacial score (nSPS) is 14.7. The number of rotatable bonds is 8. The first-order valence-electron chi connectivity index (χ1n) is 9.23. The molecule has 0 unspecified atom stereocenters. The van der Waals surface area contributed by atoms with Crippen LogP contribution in [0.25, 0.3) is 0 Å². The van der Waals surface area contributed by atoms with E-state index in [4.69, 9.17) is 4.74 Å². The molecule has 0 radical (unpaired) electrons. The van der Waals surface area contributed by atoms with Crippen LogP contribution in [0, 0.1) is 5.82 Å². The molecule has 2 aromatic rings. The lowest BCUT2D eigenvalue weighted by molar-refractivity contribution is 0.0383. The molecule has 0 atom stereocenters. The van der Waals surface area contributed by atoms with Crippen LogP contribution in [0.15, 0.2) is 42.6 Å². The fourth-order valence-corrected chi connectivity index (χ4v) is 2.91. The van der Waals surface area contributed by atoms with Crippen molar-refractivity contribution in [2.24, 2.45) is 0 Å². The van der Waals surface area contributed by atoms with E-state index in [-0.39, 0.29) is 11.7 Å². The molecule has 6 nitrogen and oxygen atoms in total. The lowest BCUT2D eigenvalue weighted by Crippen LogP contribution is -2.41. The Morgan fingerprint density at radius 1 is 1.15 bits per heavy atom. The Labute approximate surface area is 158 Å². The maximum absolute atomic E-state index is 12.9. The van der Waals surface area contributed by atoms with Gasteiger partial charge >= 0.3 is 0 Å². The largest absolute Gasteiger partial charge is 0.385 e. The molecule has 1 aromatic heterocycles. The second-order valence-electron chi connectivity index (χ2n) is 6.44. The van der Waals surface area contributed by atoms with Crippen LogP contribution >= 0.6 is 0 Å². The Kier molecular flexibility index (Phi) is 7.12. The summed E-state index contributed by atoms with van der Waals surface area (Å²) >= 11 is 0. The average molecular weight is 372 g/mol. The Balaban J connectivity index is 1.43. The summed E-state index contributed by atoms with van der Waals surface area (Å²) in [4.78, 5) is 18.7. The van der Waals surface area contributed by atoms with Gasteiger partial charge in [-0.3, -0.25) is 14.7 Å². The van der Waals surface area contributed by atoms with E-state index in [0.717, 1.165) is 50.5 Å². The van der Waals surface area contributed by atoms with E-state index in [2.05, 4.69) is 20.5 Å². The van der Waals surface area contributed by atoms with Gasteiger partial charge in [-0.25, -0.2) is 4.39 Å². The number of benzene rings is 1. The zero-order valence-corrected chi connectivity index (χ0v) is 15.3. The Morgan fingerprint density at radius 3 is 2.70 bits per heavy atom. The molecule has 2 N–H and O–H groups in total. The number of carbonyl (C=O) groups is 1. The molecule has 1 saturated heterocycles. The molecule has 0 aliphatic carbocycles. The molecule has 27 heavy (non-hydrogen) atoms. The third-order valence-corrected chi connectivity index (χ3v) is 4.47. The maximum Gasteiger partial charge on any atom is 0.269 e. The zero-order valence-electron chi connectivity index (χ0n) is 15.3. The summed E-state index contributed by atoms with van der Waals surface area (Å²) in [7, 11) is 0. The van der Waals surface area contributed by atoms with Crippen molar-refractivity contribution in [1.82, 2.24) is 15.2 Å². The van der Waals surface area contributed by atoms with E-state index in [1.165, 1.54) is 12.1 Å². The van der Waals surface area contributed by atoms with Crippen molar-refractivity contribution in [2.45, 2.75) is 6.42 Å². The highest BCUT2D eigenvalue weighted by Crippen LogP contribution is 2.09. The predicted molar refractivity (Wildman–Crippen MR) is 102 cm³/mol. The fraction of sp³-hybridized carbons (Fsp3) is 0.400. The Hall–Kier alpha value is -2.51. The summed E-state index contributed by atoms with van der Waals surface area (Å²) < 4.78 is 18.2. The highest BCUT2D eigenvalue weighted by Gasteiger charge is 2.11. The fourth-order valence-electron chi connectivity index (χ4n) is 2.91. The highest BCUT2D eigenvalue weighted by molar-refractivity contribution is 5.93. The number of morpholine rings is 1. The van der Waals surface area contributed by atoms with Gasteiger partial charge in [0.1, 0.15) is 11.5 Å². The van der Waals surface area contributed by atoms with E-state index in [9.17, 15) is 9.18 Å². The van der Waals surface area contributed by atoms with Gasteiger partial charge in [-0.15, -0.1) is 0 Å². The second-order valence-corrected chi connectivity index (χ2v) is 6.44. The number of amides is 1. The zero-order chi connectivity index (χ0) is 18.9. The predicted octanol–water partition coefficient (Wildman–Crippen LogP) is 1.94. The van der Waals surface area contributed by atoms with Crippen molar-refractivity contribution in [3.8, 4) is 0 Å². The first kappa shape index (κ1) is 19.3. The number of hydrogen-bond donors (Lipinski definition) is 2. The molecule has 1 fully saturated rings. The topological polar surface area (TPSA) is 66.5 Å². The number of nitrogens with one attached hydrogen (secondary N) is 2. The molecule has 0 bridgehead atoms. The van der Waals surface area contributed by atoms with Gasteiger partial charge in [0.2, 0.25) is 0 Å². The van der Waals surface area contributed by atoms with E-state index in [1.807, 2.05) is 6.07 Å². The SMILES string of the molecule is O=C(NCCN1CCOCC1)c1cc(NCCc2ccc(F)cc2)ccn1. The van der Waals surface area contributed by atoms with Gasteiger partial charge in [-0.2, -0.15) is 0 Å². The minimum absolute atomic E-state index is 0.176. The smallest absolute Gasteiger partial charge is 0.269 e. The molecule has 144 valence electrons. The van der Waals surface area contributed by atoms with Crippen molar-refractivity contribution in [1.29, 1.82) is 0 Å². The van der Waals surface area contributed by atoms with Gasteiger partial charge in [0.15, 0.2) is 0 Å². The van der Waals surface area contributed by atoms with Crippen molar-refractivity contribution < 1.29 is 13.9 Å². The van der Waals surface area contributed by atoms with E-state index < -0.39 is 0 Å². The minimum Gasteiger partial charge on any atom is -0.385 e. The van der Waals surface area contributed by atoms with Crippen LogP contribution in [-0.2, 0) is 11.2 Å². The lowest BCUT2D eigenvalue weighted by atomic mass is 10.1. The molecule has 3 rings (SSSR count). The van der Waals surface area contributed by atoms with E-state index in [0.29, 0.717) is 18.8 Å². The number of pyridine rings is 1. The van der Waals surface area contributed by atoms with Gasteiger partial charge in [0.05, 0.1) is 13.2 Å². The molecule has 0 saturated carbocycles. The van der Waals surface area contributed by atoms with Gasteiger partial charge in [-0.1, -0.05) is 12.1 Å². The highest BCUT2D eigenvalue weighted by atomic mass is 19.1. The average Bonchev–Trinajstić information content (AvgIpc) is 2.70. The molecular weight excluding hydrogens is 347 g/mol. The maximum atomic E-state index is 12.9. The van der Waals surface area contributed by atoms with Crippen LogP contribution in [-0.4, -0.2) is 61.7 Å². The number of nitrogens with zero attached hydrogens (tertiary/aromatic N) is 2. The minimum atomic E-state index is -0.231. The molecule has 1 aliphatic rings. The van der Waals surface area contributed by atoms with Crippen molar-refractivity contribution in [3.63, 3.8) is 0 Å². The van der Waals surface area contributed by atoms with Gasteiger partial charge in [-0.05, 0) is 36.2 Å². The standard InChI is InChI=1S/C20H25FN4O2/c21-17-3-1-16(2-4-17)5-7-22-18-6-8-23-19(15-18)20(26)24-9-10-25-11-13-27-14-12-25/h1-4,6,8,15H,5,7,9-14H2,(H,22,23)(H,24,26). The van der Waals surface area contributed by atoms with Crippen LogP contribution in [0.2, 0.25) is 0 Å². The summed E-state index contributed by atoms with van der Waals surface area (Å²) in [5.74, 6) is -0.407. The van der Waals surface area contributed by atoms with Gasteiger partial charge in [0, 0.05) is 44.6 Å². The molecule has 0 spiro atoms. The molecule has 1 aliphatic heterocycles. The second kappa shape index (κ2) is 9.99. The monoisotopic (exact) mass is 372 g/mol. The molecule has 1 amide bonds.